The van der Waals surface area contributed by atoms with Crippen LogP contribution in [0, 0.1) is 6.92 Å². The van der Waals surface area contributed by atoms with E-state index in [1.807, 2.05) is 0 Å². The van der Waals surface area contributed by atoms with E-state index < -0.39 is 97.7 Å². The van der Waals surface area contributed by atoms with E-state index in [1.54, 1.807) is 13.0 Å². The molecule has 6 rings (SSSR count). The maximum absolute atomic E-state index is 13.8. The minimum Gasteiger partial charge on any atom is -0.507 e. The number of hydrogen-bond donors (Lipinski definition) is 9. The monoisotopic (exact) mass is 644 g/mol. The second kappa shape index (κ2) is 12.1. The van der Waals surface area contributed by atoms with E-state index in [1.165, 1.54) is 30.3 Å². The Hall–Kier alpha value is -3.74. The van der Waals surface area contributed by atoms with Crippen LogP contribution in [-0.2, 0) is 14.2 Å². The molecule has 0 spiro atoms. The van der Waals surface area contributed by atoms with Crippen molar-refractivity contribution in [3.63, 3.8) is 0 Å². The van der Waals surface area contributed by atoms with Crippen LogP contribution >= 0.6 is 0 Å². The number of phenols is 2. The first-order valence-electron chi connectivity index (χ1n) is 14.3. The van der Waals surface area contributed by atoms with E-state index in [-0.39, 0.29) is 38.8 Å². The number of carbonyl (C=O) groups is 2. The summed E-state index contributed by atoms with van der Waals surface area (Å²) in [5, 5.41) is 93.9. The molecular formula is C31H32O15. The van der Waals surface area contributed by atoms with Gasteiger partial charge in [-0.25, -0.2) is 0 Å². The first-order valence-corrected chi connectivity index (χ1v) is 14.3. The Morgan fingerprint density at radius 3 is 2.09 bits per heavy atom. The Morgan fingerprint density at radius 2 is 1.39 bits per heavy atom. The van der Waals surface area contributed by atoms with E-state index in [4.69, 9.17) is 18.9 Å². The number of benzene rings is 3. The molecule has 0 bridgehead atoms. The van der Waals surface area contributed by atoms with E-state index in [2.05, 4.69) is 0 Å². The Morgan fingerprint density at radius 1 is 0.717 bits per heavy atom. The Kier molecular flexibility index (Phi) is 8.49. The number of hydrogen-bond acceptors (Lipinski definition) is 15. The van der Waals surface area contributed by atoms with Crippen LogP contribution in [0.4, 0.5) is 0 Å². The molecule has 10 unspecified atom stereocenters. The Labute approximate surface area is 260 Å². The van der Waals surface area contributed by atoms with Crippen molar-refractivity contribution in [1.82, 2.24) is 0 Å². The number of aliphatic hydroxyl groups is 7. The summed E-state index contributed by atoms with van der Waals surface area (Å²) in [4.78, 5) is 27.3. The van der Waals surface area contributed by atoms with E-state index in [0.717, 1.165) is 0 Å². The third-order valence-corrected chi connectivity index (χ3v) is 8.50. The number of aromatic hydroxyl groups is 2. The van der Waals surface area contributed by atoms with Crippen LogP contribution in [0.25, 0.3) is 10.8 Å². The minimum absolute atomic E-state index is 0.0552. The molecule has 3 aromatic rings. The first kappa shape index (κ1) is 32.2. The molecule has 0 radical (unpaired) electrons. The lowest BCUT2D eigenvalue weighted by Gasteiger charge is -2.45. The number of aryl methyl sites for hydroxylation is 1. The molecule has 2 saturated heterocycles. The van der Waals surface area contributed by atoms with Crippen molar-refractivity contribution >= 4 is 22.3 Å². The summed E-state index contributed by atoms with van der Waals surface area (Å²) in [5.74, 6) is -2.57. The van der Waals surface area contributed by atoms with E-state index in [9.17, 15) is 55.5 Å². The number of rotatable bonds is 6. The predicted molar refractivity (Wildman–Crippen MR) is 152 cm³/mol. The fourth-order valence-corrected chi connectivity index (χ4v) is 6.18. The van der Waals surface area contributed by atoms with Gasteiger partial charge in [0, 0.05) is 16.5 Å². The van der Waals surface area contributed by atoms with E-state index in [0.29, 0.717) is 5.56 Å². The number of fused-ring (bicyclic) bond motifs is 4. The minimum atomic E-state index is -1.89. The summed E-state index contributed by atoms with van der Waals surface area (Å²) in [6.07, 6.45) is -17.0. The van der Waals surface area contributed by atoms with Crippen molar-refractivity contribution in [3.8, 4) is 17.2 Å². The summed E-state index contributed by atoms with van der Waals surface area (Å²) < 4.78 is 22.7. The summed E-state index contributed by atoms with van der Waals surface area (Å²) in [6.45, 7) is 0.111. The molecule has 0 saturated carbocycles. The average Bonchev–Trinajstić information content (AvgIpc) is 3.02. The summed E-state index contributed by atoms with van der Waals surface area (Å²) in [5.41, 5.74) is -0.429. The molecule has 2 heterocycles. The molecule has 2 aliphatic heterocycles. The lowest BCUT2D eigenvalue weighted by atomic mass is 9.80. The van der Waals surface area contributed by atoms with Gasteiger partial charge in [0.1, 0.15) is 66.1 Å². The number of ketones is 2. The number of aliphatic hydroxyl groups excluding tert-OH is 7. The molecule has 2 fully saturated rings. The van der Waals surface area contributed by atoms with Crippen LogP contribution < -0.4 is 4.74 Å². The van der Waals surface area contributed by atoms with Crippen LogP contribution in [0.3, 0.4) is 0 Å². The average molecular weight is 645 g/mol. The molecule has 46 heavy (non-hydrogen) atoms. The second-order valence-electron chi connectivity index (χ2n) is 11.5. The molecule has 0 aromatic heterocycles. The van der Waals surface area contributed by atoms with Gasteiger partial charge < -0.3 is 64.9 Å². The molecule has 9 N–H and O–H groups in total. The summed E-state index contributed by atoms with van der Waals surface area (Å²) in [6, 6.07) is 8.30. The molecule has 0 amide bonds. The smallest absolute Gasteiger partial charge is 0.229 e. The first-order chi connectivity index (χ1) is 21.9. The maximum atomic E-state index is 13.8. The van der Waals surface area contributed by atoms with Gasteiger partial charge >= 0.3 is 0 Å². The topological polar surface area (TPSA) is 253 Å². The SMILES string of the molecule is Cc1cc(OC2OC(CO)C(O)C(OC3OC(CO)C(O)C(O)C3O)C2O)c2c3c(c(O)cc2c1)C(=O)c1c(O)cccc1C3=O. The second-order valence-corrected chi connectivity index (χ2v) is 11.5. The third-order valence-electron chi connectivity index (χ3n) is 8.50. The highest BCUT2D eigenvalue weighted by atomic mass is 16.7. The molecule has 1 aliphatic carbocycles. The third kappa shape index (κ3) is 5.10. The van der Waals surface area contributed by atoms with Gasteiger partial charge in [-0.2, -0.15) is 0 Å². The Bertz CT molecular complexity index is 1690. The number of phenolic OH excluding ortho intramolecular Hbond substituents is 2. The molecule has 10 atom stereocenters. The molecule has 246 valence electrons. The van der Waals surface area contributed by atoms with Gasteiger partial charge in [0.15, 0.2) is 12.1 Å². The van der Waals surface area contributed by atoms with Crippen molar-refractivity contribution in [2.24, 2.45) is 0 Å². The summed E-state index contributed by atoms with van der Waals surface area (Å²) in [7, 11) is 0. The largest absolute Gasteiger partial charge is 0.507 e. The zero-order valence-corrected chi connectivity index (χ0v) is 24.1. The van der Waals surface area contributed by atoms with Gasteiger partial charge in [0.25, 0.3) is 0 Å². The highest BCUT2D eigenvalue weighted by molar-refractivity contribution is 6.34. The van der Waals surface area contributed by atoms with Gasteiger partial charge in [-0.3, -0.25) is 9.59 Å². The molecule has 15 nitrogen and oxygen atoms in total. The van der Waals surface area contributed by atoms with Crippen molar-refractivity contribution in [3.05, 3.63) is 64.2 Å². The molecule has 15 heteroatoms. The van der Waals surface area contributed by atoms with Gasteiger partial charge in [0.05, 0.1) is 24.3 Å². The van der Waals surface area contributed by atoms with Crippen LogP contribution in [0.5, 0.6) is 17.2 Å². The van der Waals surface area contributed by atoms with Crippen molar-refractivity contribution < 1.29 is 74.5 Å². The zero-order valence-electron chi connectivity index (χ0n) is 24.1. The van der Waals surface area contributed by atoms with E-state index >= 15 is 0 Å². The zero-order chi connectivity index (χ0) is 33.2. The van der Waals surface area contributed by atoms with Crippen LogP contribution in [0.15, 0.2) is 36.4 Å². The van der Waals surface area contributed by atoms with Crippen molar-refractivity contribution in [2.75, 3.05) is 13.2 Å². The Balaban J connectivity index is 1.40. The lowest BCUT2D eigenvalue weighted by molar-refractivity contribution is -0.352. The fourth-order valence-electron chi connectivity index (χ4n) is 6.18. The quantitative estimate of drug-likeness (QED) is 0.114. The van der Waals surface area contributed by atoms with Crippen molar-refractivity contribution in [2.45, 2.75) is 68.3 Å². The van der Waals surface area contributed by atoms with Crippen LogP contribution in [0.2, 0.25) is 0 Å². The normalized spacial score (nSPS) is 32.7. The molecule has 3 aromatic carbocycles. The number of ether oxygens (including phenoxy) is 4. The molecular weight excluding hydrogens is 612 g/mol. The highest BCUT2D eigenvalue weighted by Gasteiger charge is 2.51. The number of carbonyl (C=O) groups excluding carboxylic acids is 2. The van der Waals surface area contributed by atoms with Gasteiger partial charge in [-0.1, -0.05) is 18.2 Å². The lowest BCUT2D eigenvalue weighted by Crippen LogP contribution is -2.65. The highest BCUT2D eigenvalue weighted by Crippen LogP contribution is 2.44. The standard InChI is InChI=1S/C31H32O15/c1-10-5-11-7-14(35)20-21(22(36)12-3-2-4-13(34)19(12)25(20)39)18(11)15(6-10)43-31-28(42)29(24(38)17(9-33)45-31)46-30-27(41)26(40)23(37)16(8-32)44-30/h2-7,16-17,23-24,26-35,37-38,40-42H,8-9H2,1H3. The van der Waals surface area contributed by atoms with Crippen molar-refractivity contribution in [1.29, 1.82) is 0 Å². The maximum Gasteiger partial charge on any atom is 0.229 e. The van der Waals surface area contributed by atoms with Gasteiger partial charge in [0.2, 0.25) is 12.1 Å². The predicted octanol–water partition coefficient (Wildman–Crippen LogP) is -1.66. The van der Waals surface area contributed by atoms with Crippen LogP contribution in [-0.4, -0.2) is 132 Å². The van der Waals surface area contributed by atoms with Crippen LogP contribution in [0.1, 0.15) is 37.4 Å². The fraction of sp³-hybridized carbons (Fsp3) is 0.419. The summed E-state index contributed by atoms with van der Waals surface area (Å²) >= 11 is 0. The molecule has 3 aliphatic rings. The van der Waals surface area contributed by atoms with Gasteiger partial charge in [-0.05, 0) is 36.1 Å². The van der Waals surface area contributed by atoms with Gasteiger partial charge in [-0.15, -0.1) is 0 Å².